The summed E-state index contributed by atoms with van der Waals surface area (Å²) in [7, 11) is 0. The van der Waals surface area contributed by atoms with Crippen molar-refractivity contribution in [2.45, 2.75) is 49.0 Å². The minimum Gasteiger partial charge on any atom is -0.487 e. The van der Waals surface area contributed by atoms with E-state index in [0.717, 1.165) is 22.6 Å². The second-order valence-electron chi connectivity index (χ2n) is 6.88. The summed E-state index contributed by atoms with van der Waals surface area (Å²) in [4.78, 5) is 13.7. The molecule has 0 spiro atoms. The van der Waals surface area contributed by atoms with Crippen molar-refractivity contribution in [2.75, 3.05) is 0 Å². The Kier molecular flexibility index (Phi) is 5.30. The highest BCUT2D eigenvalue weighted by Gasteiger charge is 2.34. The fourth-order valence-corrected chi connectivity index (χ4v) is 3.99. The van der Waals surface area contributed by atoms with Crippen LogP contribution in [0.25, 0.3) is 0 Å². The van der Waals surface area contributed by atoms with Crippen LogP contribution in [0.4, 0.5) is 0 Å². The van der Waals surface area contributed by atoms with Gasteiger partial charge in [0.1, 0.15) is 11.4 Å². The van der Waals surface area contributed by atoms with Crippen molar-refractivity contribution in [3.05, 3.63) is 59.1 Å². The number of thioether (sulfide) groups is 1. The highest BCUT2D eigenvalue weighted by Crippen LogP contribution is 2.39. The van der Waals surface area contributed by atoms with Crippen LogP contribution in [0.5, 0.6) is 5.75 Å². The summed E-state index contributed by atoms with van der Waals surface area (Å²) in [6, 6.07) is 15.4. The van der Waals surface area contributed by atoms with Crippen LogP contribution in [-0.4, -0.2) is 16.8 Å². The van der Waals surface area contributed by atoms with Crippen LogP contribution < -0.4 is 10.1 Å². The number of nitrogens with one attached hydrogen (secondary N) is 1. The van der Waals surface area contributed by atoms with Gasteiger partial charge in [-0.2, -0.15) is 0 Å². The van der Waals surface area contributed by atoms with Gasteiger partial charge in [-0.25, -0.2) is 0 Å². The van der Waals surface area contributed by atoms with Gasteiger partial charge in [0, 0.05) is 21.9 Å². The molecule has 0 unspecified atom stereocenters. The number of hydrogen-bond acceptors (Lipinski definition) is 3. The molecule has 2 aromatic rings. The minimum atomic E-state index is -0.307. The van der Waals surface area contributed by atoms with E-state index < -0.39 is 0 Å². The first-order valence-electron chi connectivity index (χ1n) is 8.35. The molecule has 0 aliphatic carbocycles. The molecule has 25 heavy (non-hydrogen) atoms. The largest absolute Gasteiger partial charge is 0.487 e. The first kappa shape index (κ1) is 18.2. The van der Waals surface area contributed by atoms with Gasteiger partial charge >= 0.3 is 0 Å². The molecule has 0 saturated heterocycles. The van der Waals surface area contributed by atoms with Crippen LogP contribution >= 0.6 is 23.4 Å². The average molecular weight is 376 g/mol. The number of halogens is 1. The minimum absolute atomic E-state index is 0.0254. The monoisotopic (exact) mass is 375 g/mol. The first-order chi connectivity index (χ1) is 11.8. The molecule has 0 saturated carbocycles. The summed E-state index contributed by atoms with van der Waals surface area (Å²) in [5.41, 5.74) is 0.734. The molecule has 0 radical (unpaired) electrons. The molecule has 0 aromatic heterocycles. The van der Waals surface area contributed by atoms with Gasteiger partial charge in [0.2, 0.25) is 5.91 Å². The molecule has 1 amide bonds. The molecule has 0 bridgehead atoms. The third-order valence-corrected chi connectivity index (χ3v) is 5.55. The molecular formula is C20H22ClNO2S. The van der Waals surface area contributed by atoms with E-state index in [2.05, 4.69) is 5.32 Å². The molecule has 5 heteroatoms. The number of rotatable bonds is 4. The lowest BCUT2D eigenvalue weighted by Gasteiger charge is -2.38. The zero-order valence-electron chi connectivity index (χ0n) is 14.6. The van der Waals surface area contributed by atoms with Gasteiger partial charge in [-0.15, -0.1) is 11.8 Å². The number of hydrogen-bond donors (Lipinski definition) is 1. The van der Waals surface area contributed by atoms with Gasteiger partial charge in [-0.3, -0.25) is 4.79 Å². The fraction of sp³-hybridized carbons (Fsp3) is 0.350. The Morgan fingerprint density at radius 1 is 1.24 bits per heavy atom. The smallest absolute Gasteiger partial charge is 0.233 e. The second-order valence-corrected chi connectivity index (χ2v) is 8.73. The Morgan fingerprint density at radius 3 is 2.64 bits per heavy atom. The van der Waals surface area contributed by atoms with E-state index in [9.17, 15) is 4.79 Å². The molecule has 2 atom stereocenters. The number of amides is 1. The highest BCUT2D eigenvalue weighted by molar-refractivity contribution is 8.00. The van der Waals surface area contributed by atoms with Crippen molar-refractivity contribution < 1.29 is 9.53 Å². The average Bonchev–Trinajstić information content (AvgIpc) is 2.56. The summed E-state index contributed by atoms with van der Waals surface area (Å²) >= 11 is 7.44. The van der Waals surface area contributed by atoms with Crippen LogP contribution in [0.15, 0.2) is 53.4 Å². The number of benzene rings is 2. The molecule has 1 aliphatic heterocycles. The van der Waals surface area contributed by atoms with Gasteiger partial charge in [-0.1, -0.05) is 29.8 Å². The normalized spacial score (nSPS) is 19.4. The molecule has 1 heterocycles. The lowest BCUT2D eigenvalue weighted by Crippen LogP contribution is -2.43. The molecule has 1 aliphatic rings. The lowest BCUT2D eigenvalue weighted by molar-refractivity contribution is -0.121. The fourth-order valence-electron chi connectivity index (χ4n) is 2.99. The van der Waals surface area contributed by atoms with Crippen LogP contribution in [0, 0.1) is 0 Å². The molecule has 2 aromatic carbocycles. The maximum Gasteiger partial charge on any atom is 0.233 e. The van der Waals surface area contributed by atoms with Crippen molar-refractivity contribution in [3.63, 3.8) is 0 Å². The van der Waals surface area contributed by atoms with E-state index in [0.29, 0.717) is 5.02 Å². The van der Waals surface area contributed by atoms with Crippen molar-refractivity contribution in [3.8, 4) is 5.75 Å². The molecule has 0 fully saturated rings. The van der Waals surface area contributed by atoms with E-state index in [1.54, 1.807) is 0 Å². The maximum atomic E-state index is 12.7. The third kappa shape index (κ3) is 4.50. The third-order valence-electron chi connectivity index (χ3n) is 4.19. The topological polar surface area (TPSA) is 38.3 Å². The molecule has 3 rings (SSSR count). The van der Waals surface area contributed by atoms with Gasteiger partial charge in [0.05, 0.1) is 11.3 Å². The molecule has 3 nitrogen and oxygen atoms in total. The van der Waals surface area contributed by atoms with Gasteiger partial charge in [0.25, 0.3) is 0 Å². The lowest BCUT2D eigenvalue weighted by atomic mass is 9.89. The van der Waals surface area contributed by atoms with Crippen LogP contribution in [-0.2, 0) is 4.79 Å². The van der Waals surface area contributed by atoms with Gasteiger partial charge in [0.15, 0.2) is 0 Å². The van der Waals surface area contributed by atoms with E-state index in [1.807, 2.05) is 69.3 Å². The number of carbonyl (C=O) groups excluding carboxylic acids is 1. The van der Waals surface area contributed by atoms with E-state index in [1.165, 1.54) is 11.8 Å². The van der Waals surface area contributed by atoms with E-state index in [-0.39, 0.29) is 22.8 Å². The van der Waals surface area contributed by atoms with E-state index in [4.69, 9.17) is 16.3 Å². The Hall–Kier alpha value is -1.65. The van der Waals surface area contributed by atoms with Crippen LogP contribution in [0.2, 0.25) is 5.02 Å². The molecule has 1 N–H and O–H groups in total. The predicted molar refractivity (Wildman–Crippen MR) is 103 cm³/mol. The van der Waals surface area contributed by atoms with Crippen LogP contribution in [0.1, 0.15) is 38.8 Å². The maximum absolute atomic E-state index is 12.7. The summed E-state index contributed by atoms with van der Waals surface area (Å²) in [5, 5.41) is 3.70. The van der Waals surface area contributed by atoms with Crippen molar-refractivity contribution in [1.82, 2.24) is 5.32 Å². The quantitative estimate of drug-likeness (QED) is 0.742. The van der Waals surface area contributed by atoms with Crippen molar-refractivity contribution >= 4 is 29.3 Å². The van der Waals surface area contributed by atoms with Crippen LogP contribution in [0.3, 0.4) is 0 Å². The number of fused-ring (bicyclic) bond motifs is 1. The number of carbonyl (C=O) groups is 1. The summed E-state index contributed by atoms with van der Waals surface area (Å²) < 4.78 is 6.03. The zero-order valence-corrected chi connectivity index (χ0v) is 16.2. The van der Waals surface area contributed by atoms with Gasteiger partial charge < -0.3 is 10.1 Å². The Morgan fingerprint density at radius 2 is 1.92 bits per heavy atom. The standard InChI is InChI=1S/C20H22ClNO2S/c1-13(25-15-10-8-14(21)9-11-15)19(23)22-17-12-20(2,3)24-18-7-5-4-6-16(17)18/h4-11,13,17H,12H2,1-3H3,(H,22,23)/t13-,17-/m1/s1. The number of ether oxygens (including phenoxy) is 1. The Balaban J connectivity index is 1.70. The predicted octanol–water partition coefficient (Wildman–Crippen LogP) is 5.24. The first-order valence-corrected chi connectivity index (χ1v) is 9.60. The molecular weight excluding hydrogens is 354 g/mol. The second kappa shape index (κ2) is 7.30. The molecule has 132 valence electrons. The summed E-state index contributed by atoms with van der Waals surface area (Å²) in [5.74, 6) is 0.875. The van der Waals surface area contributed by atoms with Crippen molar-refractivity contribution in [2.24, 2.45) is 0 Å². The summed E-state index contributed by atoms with van der Waals surface area (Å²) in [6.07, 6.45) is 0.744. The zero-order chi connectivity index (χ0) is 18.0. The highest BCUT2D eigenvalue weighted by atomic mass is 35.5. The Labute approximate surface area is 158 Å². The van der Waals surface area contributed by atoms with Crippen molar-refractivity contribution in [1.29, 1.82) is 0 Å². The summed E-state index contributed by atoms with van der Waals surface area (Å²) in [6.45, 7) is 6.02. The number of para-hydroxylation sites is 1. The van der Waals surface area contributed by atoms with Gasteiger partial charge in [-0.05, 0) is 51.1 Å². The van der Waals surface area contributed by atoms with E-state index >= 15 is 0 Å². The SMILES string of the molecule is C[C@@H](Sc1ccc(Cl)cc1)C(=O)N[C@@H]1CC(C)(C)Oc2ccccc21. The Bertz CT molecular complexity index is 761.